The molecule has 0 bridgehead atoms. The zero-order chi connectivity index (χ0) is 21.0. The summed E-state index contributed by atoms with van der Waals surface area (Å²) < 4.78 is 40.6. The molecule has 8 nitrogen and oxygen atoms in total. The molecule has 0 heterocycles. The molecule has 148 valence electrons. The van der Waals surface area contributed by atoms with Crippen LogP contribution in [0.3, 0.4) is 0 Å². The minimum atomic E-state index is -4.09. The molecule has 0 aliphatic carbocycles. The van der Waals surface area contributed by atoms with Gasteiger partial charge in [-0.2, -0.15) is 0 Å². The van der Waals surface area contributed by atoms with E-state index in [9.17, 15) is 27.7 Å². The molecule has 3 aromatic carbocycles. The lowest BCUT2D eigenvalue weighted by atomic mass is 10.2. The summed E-state index contributed by atoms with van der Waals surface area (Å²) in [7, 11) is -4.09. The van der Waals surface area contributed by atoms with Crippen LogP contribution >= 0.6 is 0 Å². The largest absolute Gasteiger partial charge is 0.316 e. The van der Waals surface area contributed by atoms with Crippen LogP contribution in [0.2, 0.25) is 0 Å². The third-order valence-electron chi connectivity index (χ3n) is 3.83. The fourth-order valence-corrected chi connectivity index (χ4v) is 3.60. The maximum atomic E-state index is 13.3. The number of hydrogen-bond donors (Lipinski definition) is 2. The van der Waals surface area contributed by atoms with Crippen LogP contribution in [0.25, 0.3) is 0 Å². The molecule has 3 aromatic rings. The first-order chi connectivity index (χ1) is 13.8. The summed E-state index contributed by atoms with van der Waals surface area (Å²) in [6.45, 7) is 0. The quantitative estimate of drug-likeness (QED) is 0.469. The Bertz CT molecular complexity index is 1200. The average molecular weight is 415 g/mol. The van der Waals surface area contributed by atoms with Gasteiger partial charge in [-0.05, 0) is 42.5 Å². The monoisotopic (exact) mass is 415 g/mol. The van der Waals surface area contributed by atoms with Crippen LogP contribution in [-0.4, -0.2) is 19.2 Å². The zero-order valence-electron chi connectivity index (χ0n) is 14.7. The lowest BCUT2D eigenvalue weighted by Crippen LogP contribution is -2.16. The van der Waals surface area contributed by atoms with Crippen molar-refractivity contribution in [2.45, 2.75) is 4.90 Å². The number of carbonyl (C=O) groups excluding carboxylic acids is 1. The summed E-state index contributed by atoms with van der Waals surface area (Å²) in [4.78, 5) is 22.7. The number of sulfonamides is 1. The number of nitrogens with one attached hydrogen (secondary N) is 2. The summed E-state index contributed by atoms with van der Waals surface area (Å²) in [5, 5.41) is 13.5. The number of anilines is 2. The van der Waals surface area contributed by atoms with Gasteiger partial charge in [0, 0.05) is 11.6 Å². The Kier molecular flexibility index (Phi) is 5.55. The molecule has 1 amide bonds. The van der Waals surface area contributed by atoms with Crippen molar-refractivity contribution in [1.82, 2.24) is 0 Å². The Morgan fingerprint density at radius 3 is 2.41 bits per heavy atom. The molecule has 0 unspecified atom stereocenters. The Morgan fingerprint density at radius 1 is 0.966 bits per heavy atom. The number of nitrogens with zero attached hydrogens (tertiary/aromatic N) is 1. The Hall–Kier alpha value is -3.79. The van der Waals surface area contributed by atoms with Crippen LogP contribution in [0.1, 0.15) is 10.4 Å². The van der Waals surface area contributed by atoms with Crippen molar-refractivity contribution in [3.05, 3.63) is 94.3 Å². The minimum absolute atomic E-state index is 0.0198. The maximum Gasteiger partial charge on any atom is 0.292 e. The number of nitro benzene ring substituents is 1. The number of benzene rings is 3. The second-order valence-corrected chi connectivity index (χ2v) is 7.55. The molecule has 0 aromatic heterocycles. The van der Waals surface area contributed by atoms with Gasteiger partial charge >= 0.3 is 0 Å². The van der Waals surface area contributed by atoms with Crippen LogP contribution in [0.15, 0.2) is 77.7 Å². The summed E-state index contributed by atoms with van der Waals surface area (Å²) >= 11 is 0. The van der Waals surface area contributed by atoms with E-state index in [1.165, 1.54) is 60.7 Å². The van der Waals surface area contributed by atoms with Crippen LogP contribution in [0.5, 0.6) is 0 Å². The lowest BCUT2D eigenvalue weighted by molar-refractivity contribution is -0.383. The fraction of sp³-hybridized carbons (Fsp3) is 0. The Morgan fingerprint density at radius 2 is 1.69 bits per heavy atom. The molecule has 0 aliphatic heterocycles. The smallest absolute Gasteiger partial charge is 0.292 e. The second-order valence-electron chi connectivity index (χ2n) is 5.87. The van der Waals surface area contributed by atoms with E-state index < -0.39 is 26.7 Å². The van der Waals surface area contributed by atoms with E-state index in [1.807, 2.05) is 0 Å². The van der Waals surface area contributed by atoms with Crippen molar-refractivity contribution < 1.29 is 22.5 Å². The number of nitro groups is 1. The van der Waals surface area contributed by atoms with Gasteiger partial charge in [0.2, 0.25) is 0 Å². The molecule has 0 radical (unpaired) electrons. The van der Waals surface area contributed by atoms with E-state index in [0.717, 1.165) is 12.1 Å². The molecule has 0 fully saturated rings. The van der Waals surface area contributed by atoms with Gasteiger partial charge in [-0.1, -0.05) is 24.3 Å². The molecule has 0 atom stereocenters. The highest BCUT2D eigenvalue weighted by molar-refractivity contribution is 7.92. The van der Waals surface area contributed by atoms with Crippen molar-refractivity contribution in [1.29, 1.82) is 0 Å². The van der Waals surface area contributed by atoms with E-state index in [-0.39, 0.29) is 27.5 Å². The van der Waals surface area contributed by atoms with Gasteiger partial charge in [0.05, 0.1) is 15.5 Å². The minimum Gasteiger partial charge on any atom is -0.316 e. The highest BCUT2D eigenvalue weighted by Gasteiger charge is 2.19. The Balaban J connectivity index is 1.85. The summed E-state index contributed by atoms with van der Waals surface area (Å²) in [5.41, 5.74) is -0.309. The van der Waals surface area contributed by atoms with Crippen LogP contribution in [0.4, 0.5) is 21.5 Å². The molecule has 29 heavy (non-hydrogen) atoms. The maximum absolute atomic E-state index is 13.3. The average Bonchev–Trinajstić information content (AvgIpc) is 2.68. The second kappa shape index (κ2) is 8.07. The van der Waals surface area contributed by atoms with Crippen molar-refractivity contribution in [2.75, 3.05) is 10.0 Å². The van der Waals surface area contributed by atoms with Crippen LogP contribution < -0.4 is 10.0 Å². The molecule has 2 N–H and O–H groups in total. The van der Waals surface area contributed by atoms with Gasteiger partial charge in [-0.15, -0.1) is 0 Å². The lowest BCUT2D eigenvalue weighted by Gasteiger charge is -2.10. The predicted molar refractivity (Wildman–Crippen MR) is 105 cm³/mol. The molecule has 0 saturated heterocycles. The highest BCUT2D eigenvalue weighted by Crippen LogP contribution is 2.24. The van der Waals surface area contributed by atoms with E-state index in [1.54, 1.807) is 0 Å². The zero-order valence-corrected chi connectivity index (χ0v) is 15.5. The first-order valence-electron chi connectivity index (χ1n) is 8.19. The molecule has 3 rings (SSSR count). The van der Waals surface area contributed by atoms with Crippen LogP contribution in [0, 0.1) is 15.9 Å². The number of hydrogen-bond acceptors (Lipinski definition) is 5. The van der Waals surface area contributed by atoms with Crippen molar-refractivity contribution in [3.8, 4) is 0 Å². The number of carbonyl (C=O) groups is 1. The van der Waals surface area contributed by atoms with Crippen molar-refractivity contribution in [2.24, 2.45) is 0 Å². The van der Waals surface area contributed by atoms with Crippen molar-refractivity contribution >= 4 is 33.0 Å². The Labute approximate surface area is 165 Å². The summed E-state index contributed by atoms with van der Waals surface area (Å²) in [6.07, 6.45) is 0. The van der Waals surface area contributed by atoms with E-state index >= 15 is 0 Å². The summed E-state index contributed by atoms with van der Waals surface area (Å²) in [6, 6.07) is 15.6. The topological polar surface area (TPSA) is 118 Å². The van der Waals surface area contributed by atoms with E-state index in [0.29, 0.717) is 0 Å². The number of amides is 1. The molecule has 0 spiro atoms. The van der Waals surface area contributed by atoms with Gasteiger partial charge in [0.15, 0.2) is 0 Å². The molecular weight excluding hydrogens is 401 g/mol. The van der Waals surface area contributed by atoms with Gasteiger partial charge in [-0.25, -0.2) is 12.8 Å². The summed E-state index contributed by atoms with van der Waals surface area (Å²) in [5.74, 6) is -1.33. The van der Waals surface area contributed by atoms with E-state index in [2.05, 4.69) is 10.0 Å². The van der Waals surface area contributed by atoms with Crippen molar-refractivity contribution in [3.63, 3.8) is 0 Å². The molecule has 0 aliphatic rings. The molecular formula is C19H14FN3O5S. The van der Waals surface area contributed by atoms with Crippen LogP contribution in [-0.2, 0) is 10.0 Å². The highest BCUT2D eigenvalue weighted by atomic mass is 32.2. The third-order valence-corrected chi connectivity index (χ3v) is 5.21. The van der Waals surface area contributed by atoms with E-state index in [4.69, 9.17) is 0 Å². The standard InChI is InChI=1S/C19H14FN3O5S/c20-14-6-4-7-15(12-14)22-29(27,28)16-8-3-5-13(11-16)19(24)21-17-9-1-2-10-18(17)23(25)26/h1-12,22H,(H,21,24). The molecule has 10 heteroatoms. The van der Waals surface area contributed by atoms with Gasteiger partial charge in [0.1, 0.15) is 11.5 Å². The van der Waals surface area contributed by atoms with Gasteiger partial charge in [-0.3, -0.25) is 19.6 Å². The number of rotatable bonds is 6. The van der Waals surface area contributed by atoms with Gasteiger partial charge < -0.3 is 5.32 Å². The first kappa shape index (κ1) is 20.0. The normalized spacial score (nSPS) is 10.9. The third kappa shape index (κ3) is 4.74. The number of para-hydroxylation sites is 2. The molecule has 0 saturated carbocycles. The number of halogens is 1. The first-order valence-corrected chi connectivity index (χ1v) is 9.68. The SMILES string of the molecule is O=C(Nc1ccccc1[N+](=O)[O-])c1cccc(S(=O)(=O)Nc2cccc(F)c2)c1. The predicted octanol–water partition coefficient (Wildman–Crippen LogP) is 3.79. The fourth-order valence-electron chi connectivity index (χ4n) is 2.50. The van der Waals surface area contributed by atoms with Gasteiger partial charge in [0.25, 0.3) is 21.6 Å².